The summed E-state index contributed by atoms with van der Waals surface area (Å²) in [4.78, 5) is 27.7. The Morgan fingerprint density at radius 3 is 2.63 bits per heavy atom. The van der Waals surface area contributed by atoms with Gasteiger partial charge in [0.05, 0.1) is 23.3 Å². The van der Waals surface area contributed by atoms with E-state index in [1.54, 1.807) is 36.5 Å². The monoisotopic (exact) mass is 427 g/mol. The Hall–Kier alpha value is -3.52. The molecule has 2 amide bonds. The molecular formula is C21H18ClN3O5. The molecule has 1 aromatic heterocycles. The number of hydrogen-bond donors (Lipinski definition) is 3. The van der Waals surface area contributed by atoms with Crippen LogP contribution in [0.1, 0.15) is 23.2 Å². The number of hydrogen-bond acceptors (Lipinski definition) is 5. The Labute approximate surface area is 176 Å². The molecule has 4 rings (SSSR count). The summed E-state index contributed by atoms with van der Waals surface area (Å²) in [6.45, 7) is 0. The summed E-state index contributed by atoms with van der Waals surface area (Å²) in [6, 6.07) is 9.43. The van der Waals surface area contributed by atoms with E-state index >= 15 is 0 Å². The molecule has 1 saturated carbocycles. The SMILES string of the molecule is COc1cc2nccc(Oc3ccc(NC(=O)NC4CC4)c(Cl)c3)c2cc1C(=O)O. The third-order valence-electron chi connectivity index (χ3n) is 4.58. The van der Waals surface area contributed by atoms with Gasteiger partial charge in [0.15, 0.2) is 0 Å². The average Bonchev–Trinajstić information content (AvgIpc) is 3.53. The summed E-state index contributed by atoms with van der Waals surface area (Å²) in [7, 11) is 1.40. The highest BCUT2D eigenvalue weighted by atomic mass is 35.5. The minimum absolute atomic E-state index is 0.00195. The number of nitrogens with one attached hydrogen (secondary N) is 2. The Balaban J connectivity index is 1.60. The predicted octanol–water partition coefficient (Wildman–Crippen LogP) is 4.67. The minimum Gasteiger partial charge on any atom is -0.496 e. The number of carboxylic acids is 1. The number of fused-ring (bicyclic) bond motifs is 1. The molecule has 154 valence electrons. The van der Waals surface area contributed by atoms with E-state index in [9.17, 15) is 14.7 Å². The minimum atomic E-state index is -1.12. The van der Waals surface area contributed by atoms with E-state index in [0.717, 1.165) is 12.8 Å². The van der Waals surface area contributed by atoms with Gasteiger partial charge in [0.2, 0.25) is 0 Å². The first-order valence-electron chi connectivity index (χ1n) is 9.19. The topological polar surface area (TPSA) is 110 Å². The maximum atomic E-state index is 11.9. The lowest BCUT2D eigenvalue weighted by atomic mass is 10.1. The van der Waals surface area contributed by atoms with Gasteiger partial charge in [-0.3, -0.25) is 4.98 Å². The maximum absolute atomic E-state index is 11.9. The van der Waals surface area contributed by atoms with E-state index in [1.807, 2.05) is 0 Å². The smallest absolute Gasteiger partial charge is 0.339 e. The van der Waals surface area contributed by atoms with Gasteiger partial charge in [0.25, 0.3) is 0 Å². The van der Waals surface area contributed by atoms with Crippen LogP contribution in [0.15, 0.2) is 42.6 Å². The van der Waals surface area contributed by atoms with Crippen molar-refractivity contribution in [3.63, 3.8) is 0 Å². The molecule has 9 heteroatoms. The van der Waals surface area contributed by atoms with Crippen molar-refractivity contribution in [3.05, 3.63) is 53.2 Å². The summed E-state index contributed by atoms with van der Waals surface area (Å²) in [6.07, 6.45) is 3.53. The molecule has 1 aliphatic rings. The molecule has 0 bridgehead atoms. The molecule has 1 fully saturated rings. The van der Waals surface area contributed by atoms with Gasteiger partial charge in [-0.05, 0) is 37.1 Å². The Bertz CT molecular complexity index is 1150. The van der Waals surface area contributed by atoms with Crippen molar-refractivity contribution < 1.29 is 24.2 Å². The molecular weight excluding hydrogens is 410 g/mol. The highest BCUT2D eigenvalue weighted by Gasteiger charge is 2.23. The van der Waals surface area contributed by atoms with E-state index in [0.29, 0.717) is 33.1 Å². The van der Waals surface area contributed by atoms with Crippen molar-refractivity contribution in [1.82, 2.24) is 10.3 Å². The molecule has 0 aliphatic heterocycles. The number of benzene rings is 2. The second kappa shape index (κ2) is 8.08. The van der Waals surface area contributed by atoms with E-state index in [2.05, 4.69) is 15.6 Å². The largest absolute Gasteiger partial charge is 0.496 e. The van der Waals surface area contributed by atoms with Gasteiger partial charge < -0.3 is 25.2 Å². The lowest BCUT2D eigenvalue weighted by Gasteiger charge is -2.13. The number of carbonyl (C=O) groups is 2. The van der Waals surface area contributed by atoms with Crippen molar-refractivity contribution in [3.8, 4) is 17.2 Å². The normalized spacial score (nSPS) is 13.0. The summed E-state index contributed by atoms with van der Waals surface area (Å²) in [5.41, 5.74) is 0.984. The number of aromatic carboxylic acids is 1. The van der Waals surface area contributed by atoms with Crippen LogP contribution in [0.25, 0.3) is 10.9 Å². The van der Waals surface area contributed by atoms with Crippen LogP contribution in [0, 0.1) is 0 Å². The highest BCUT2D eigenvalue weighted by molar-refractivity contribution is 6.33. The van der Waals surface area contributed by atoms with Crippen LogP contribution in [0.5, 0.6) is 17.2 Å². The zero-order valence-corrected chi connectivity index (χ0v) is 16.7. The zero-order chi connectivity index (χ0) is 21.3. The van der Waals surface area contributed by atoms with Crippen molar-refractivity contribution in [2.45, 2.75) is 18.9 Å². The van der Waals surface area contributed by atoms with Gasteiger partial charge in [-0.15, -0.1) is 0 Å². The van der Waals surface area contributed by atoms with Gasteiger partial charge in [-0.2, -0.15) is 0 Å². The number of halogens is 1. The Morgan fingerprint density at radius 2 is 1.97 bits per heavy atom. The van der Waals surface area contributed by atoms with E-state index < -0.39 is 5.97 Å². The molecule has 0 atom stereocenters. The summed E-state index contributed by atoms with van der Waals surface area (Å²) >= 11 is 6.29. The zero-order valence-electron chi connectivity index (χ0n) is 15.9. The van der Waals surface area contributed by atoms with Gasteiger partial charge >= 0.3 is 12.0 Å². The first kappa shape index (κ1) is 19.8. The van der Waals surface area contributed by atoms with Crippen LogP contribution in [-0.4, -0.2) is 35.2 Å². The maximum Gasteiger partial charge on any atom is 0.339 e. The molecule has 0 saturated heterocycles. The number of nitrogens with zero attached hydrogens (tertiary/aromatic N) is 1. The van der Waals surface area contributed by atoms with Gasteiger partial charge in [0.1, 0.15) is 22.8 Å². The van der Waals surface area contributed by atoms with Crippen molar-refractivity contribution in [1.29, 1.82) is 0 Å². The number of amides is 2. The quantitative estimate of drug-likeness (QED) is 0.527. The summed E-state index contributed by atoms with van der Waals surface area (Å²) in [5.74, 6) is -0.0733. The lowest BCUT2D eigenvalue weighted by molar-refractivity contribution is 0.0693. The van der Waals surface area contributed by atoms with E-state index in [-0.39, 0.29) is 23.4 Å². The lowest BCUT2D eigenvalue weighted by Crippen LogP contribution is -2.30. The fraction of sp³-hybridized carbons (Fsp3) is 0.190. The molecule has 8 nitrogen and oxygen atoms in total. The van der Waals surface area contributed by atoms with Crippen molar-refractivity contribution in [2.75, 3.05) is 12.4 Å². The number of aromatic nitrogens is 1. The molecule has 2 aromatic carbocycles. The molecule has 3 aromatic rings. The van der Waals surface area contributed by atoms with Crippen LogP contribution >= 0.6 is 11.6 Å². The first-order valence-corrected chi connectivity index (χ1v) is 9.57. The molecule has 0 radical (unpaired) electrons. The van der Waals surface area contributed by atoms with Crippen molar-refractivity contribution in [2.24, 2.45) is 0 Å². The number of methoxy groups -OCH3 is 1. The van der Waals surface area contributed by atoms with Gasteiger partial charge in [-0.25, -0.2) is 9.59 Å². The van der Waals surface area contributed by atoms with Gasteiger partial charge in [-0.1, -0.05) is 11.6 Å². The Kier molecular flexibility index (Phi) is 5.33. The van der Waals surface area contributed by atoms with Crippen LogP contribution < -0.4 is 20.1 Å². The average molecular weight is 428 g/mol. The molecule has 30 heavy (non-hydrogen) atoms. The van der Waals surface area contributed by atoms with Crippen LogP contribution in [0.3, 0.4) is 0 Å². The summed E-state index contributed by atoms with van der Waals surface area (Å²) < 4.78 is 11.1. The molecule has 1 heterocycles. The fourth-order valence-electron chi connectivity index (χ4n) is 2.93. The number of rotatable bonds is 6. The second-order valence-corrected chi connectivity index (χ2v) is 7.21. The first-order chi connectivity index (χ1) is 14.4. The number of carboxylic acid groups (broad SMARTS) is 1. The van der Waals surface area contributed by atoms with Gasteiger partial charge in [0, 0.05) is 29.8 Å². The van der Waals surface area contributed by atoms with Crippen LogP contribution in [0.2, 0.25) is 5.02 Å². The third kappa shape index (κ3) is 4.23. The number of ether oxygens (including phenoxy) is 2. The van der Waals surface area contributed by atoms with Crippen LogP contribution in [0.4, 0.5) is 10.5 Å². The fourth-order valence-corrected chi connectivity index (χ4v) is 3.15. The Morgan fingerprint density at radius 1 is 1.17 bits per heavy atom. The number of carbonyl (C=O) groups excluding carboxylic acids is 1. The van der Waals surface area contributed by atoms with E-state index in [4.69, 9.17) is 21.1 Å². The molecule has 3 N–H and O–H groups in total. The third-order valence-corrected chi connectivity index (χ3v) is 4.90. The predicted molar refractivity (Wildman–Crippen MR) is 112 cm³/mol. The standard InChI is InChI=1S/C21H18ClN3O5/c1-29-19-10-17-13(9-14(19)20(26)27)18(6-7-23-17)30-12-4-5-16(15(22)8-12)25-21(28)24-11-2-3-11/h4-11H,2-3H2,1H3,(H,26,27)(H2,24,25,28). The van der Waals surface area contributed by atoms with E-state index in [1.165, 1.54) is 13.2 Å². The van der Waals surface area contributed by atoms with Crippen molar-refractivity contribution >= 4 is 40.2 Å². The molecule has 1 aliphatic carbocycles. The highest BCUT2D eigenvalue weighted by Crippen LogP contribution is 2.35. The number of anilines is 1. The molecule has 0 unspecified atom stereocenters. The second-order valence-electron chi connectivity index (χ2n) is 6.80. The summed E-state index contributed by atoms with van der Waals surface area (Å²) in [5, 5.41) is 15.8. The van der Waals surface area contributed by atoms with Crippen LogP contribution in [-0.2, 0) is 0 Å². The number of pyridine rings is 1. The molecule has 0 spiro atoms. The number of urea groups is 1.